The number of rotatable bonds is 14. The molecule has 1 fully saturated rings. The number of aliphatic imine (C=N–C) groups is 1. The number of nitrogens with one attached hydrogen (secondary N) is 1. The molecule has 0 amide bonds. The number of morpholine rings is 1. The zero-order chi connectivity index (χ0) is 33.3. The van der Waals surface area contributed by atoms with Gasteiger partial charge in [0.05, 0.1) is 29.6 Å². The predicted octanol–water partition coefficient (Wildman–Crippen LogP) is 10.2. The molecule has 0 bridgehead atoms. The first-order valence-electron chi connectivity index (χ1n) is 17.3. The van der Waals surface area contributed by atoms with Gasteiger partial charge in [-0.05, 0) is 62.6 Å². The van der Waals surface area contributed by atoms with Gasteiger partial charge in [0.1, 0.15) is 5.84 Å². The fraction of sp³-hybridized carbons (Fsp3) is 0.538. The van der Waals surface area contributed by atoms with Crippen molar-refractivity contribution in [3.05, 3.63) is 58.6 Å². The van der Waals surface area contributed by atoms with E-state index in [2.05, 4.69) is 92.8 Å². The van der Waals surface area contributed by atoms with Crippen LogP contribution in [0.5, 0.6) is 0 Å². The number of nitrogens with zero attached hydrogens (tertiary/aromatic N) is 5. The number of amidine groups is 1. The van der Waals surface area contributed by atoms with Crippen molar-refractivity contribution in [1.29, 1.82) is 5.41 Å². The quantitative estimate of drug-likeness (QED) is 0.138. The number of anilines is 1. The standard InChI is InChI=1S/C27H35N3OS.C11H21N3.CH4/c1-5-7-10-21-18-24-25(32-21)27(30-14-16-31-17-15-30)29-26(28-24)23-11-8-9-20(4)22(23)13-12-19(3)6-2;1-4-7-13-11(10-12)14(8-5-2)9-6-3;/h8-9,11-13,18-19H,5-7,10,14-17H2,1-4H3;4,7,10,12H,5-6,8-9H2,1-3H3;1H4/b13-12-;7-4-,12-10?,13-11?;. The van der Waals surface area contributed by atoms with Gasteiger partial charge in [0.15, 0.2) is 11.6 Å². The predicted molar refractivity (Wildman–Crippen MR) is 208 cm³/mol. The van der Waals surface area contributed by atoms with E-state index in [9.17, 15) is 0 Å². The maximum absolute atomic E-state index is 7.29. The van der Waals surface area contributed by atoms with Gasteiger partial charge in [0, 0.05) is 42.8 Å². The van der Waals surface area contributed by atoms with Gasteiger partial charge in [-0.25, -0.2) is 15.0 Å². The van der Waals surface area contributed by atoms with Crippen LogP contribution in [0.3, 0.4) is 0 Å². The largest absolute Gasteiger partial charge is 0.378 e. The molecule has 258 valence electrons. The maximum Gasteiger partial charge on any atom is 0.162 e. The minimum Gasteiger partial charge on any atom is -0.378 e. The minimum absolute atomic E-state index is 0. The zero-order valence-electron chi connectivity index (χ0n) is 29.3. The number of hydrogen-bond donors (Lipinski definition) is 1. The summed E-state index contributed by atoms with van der Waals surface area (Å²) in [5.74, 6) is 3.20. The Balaban J connectivity index is 0.000000436. The lowest BCUT2D eigenvalue weighted by atomic mass is 9.98. The number of benzene rings is 1. The van der Waals surface area contributed by atoms with Crippen molar-refractivity contribution >= 4 is 45.5 Å². The molecule has 0 saturated carbocycles. The molecule has 1 saturated heterocycles. The Hall–Kier alpha value is -3.36. The number of ether oxygens (including phenoxy) is 1. The molecule has 1 atom stereocenters. The molecule has 3 aromatic rings. The SMILES string of the molecule is C.C/C=C\N=C(C=N)N(CCC)CCC.CCCCc1cc2nc(-c3cccc(C)c3/C=C\C(C)CC)nc(N3CCOCC3)c2s1. The van der Waals surface area contributed by atoms with Crippen molar-refractivity contribution in [2.24, 2.45) is 10.9 Å². The van der Waals surface area contributed by atoms with Crippen LogP contribution in [-0.4, -0.2) is 66.3 Å². The molecule has 8 heteroatoms. The van der Waals surface area contributed by atoms with E-state index < -0.39 is 0 Å². The molecule has 1 unspecified atom stereocenters. The molecule has 0 aliphatic carbocycles. The number of fused-ring (bicyclic) bond motifs is 1. The monoisotopic (exact) mass is 660 g/mol. The summed E-state index contributed by atoms with van der Waals surface area (Å²) in [6, 6.07) is 8.75. The van der Waals surface area contributed by atoms with Crippen molar-refractivity contribution in [2.75, 3.05) is 44.3 Å². The highest BCUT2D eigenvalue weighted by Gasteiger charge is 2.21. The second kappa shape index (κ2) is 21.5. The van der Waals surface area contributed by atoms with E-state index in [1.165, 1.54) is 39.8 Å². The van der Waals surface area contributed by atoms with E-state index in [1.807, 2.05) is 24.3 Å². The van der Waals surface area contributed by atoms with Crippen molar-refractivity contribution < 1.29 is 4.74 Å². The van der Waals surface area contributed by atoms with Crippen LogP contribution in [0.2, 0.25) is 0 Å². The lowest BCUT2D eigenvalue weighted by Crippen LogP contribution is -2.36. The smallest absolute Gasteiger partial charge is 0.162 e. The van der Waals surface area contributed by atoms with Gasteiger partial charge >= 0.3 is 0 Å². The molecule has 4 rings (SSSR count). The molecule has 3 heterocycles. The topological polar surface area (TPSA) is 77.7 Å². The Morgan fingerprint density at radius 3 is 2.45 bits per heavy atom. The molecule has 1 aliphatic rings. The van der Waals surface area contributed by atoms with Crippen LogP contribution in [-0.2, 0) is 11.2 Å². The Kier molecular flexibility index (Phi) is 18.2. The highest BCUT2D eigenvalue weighted by atomic mass is 32.1. The average molecular weight is 661 g/mol. The fourth-order valence-corrected chi connectivity index (χ4v) is 6.44. The van der Waals surface area contributed by atoms with Crippen LogP contribution < -0.4 is 4.90 Å². The van der Waals surface area contributed by atoms with Crippen LogP contribution >= 0.6 is 11.3 Å². The number of aromatic nitrogens is 2. The molecule has 0 spiro atoms. The normalized spacial score (nSPS) is 14.3. The van der Waals surface area contributed by atoms with Gasteiger partial charge in [-0.1, -0.05) is 91.3 Å². The summed E-state index contributed by atoms with van der Waals surface area (Å²) in [5, 5.41) is 7.29. The first kappa shape index (κ1) is 39.8. The van der Waals surface area contributed by atoms with E-state index in [-0.39, 0.29) is 7.43 Å². The van der Waals surface area contributed by atoms with Crippen LogP contribution in [0.4, 0.5) is 5.82 Å². The summed E-state index contributed by atoms with van der Waals surface area (Å²) in [4.78, 5) is 20.4. The van der Waals surface area contributed by atoms with Gasteiger partial charge in [-0.2, -0.15) is 0 Å². The average Bonchev–Trinajstić information content (AvgIpc) is 3.50. The third kappa shape index (κ3) is 11.7. The number of aryl methyl sites for hydroxylation is 2. The minimum atomic E-state index is 0. The van der Waals surface area contributed by atoms with E-state index in [0.717, 1.165) is 93.6 Å². The number of unbranched alkanes of at least 4 members (excludes halogenated alkanes) is 1. The third-order valence-corrected chi connectivity index (χ3v) is 9.27. The Morgan fingerprint density at radius 1 is 1.11 bits per heavy atom. The van der Waals surface area contributed by atoms with Gasteiger partial charge in [-0.15, -0.1) is 11.3 Å². The summed E-state index contributed by atoms with van der Waals surface area (Å²) in [6.07, 6.45) is 16.3. The molecule has 0 radical (unpaired) electrons. The molecular formula is C39H60N6OS. The first-order valence-corrected chi connectivity index (χ1v) is 18.1. The van der Waals surface area contributed by atoms with E-state index in [4.69, 9.17) is 20.1 Å². The fourth-order valence-electron chi connectivity index (χ4n) is 5.28. The first-order chi connectivity index (χ1) is 22.4. The summed E-state index contributed by atoms with van der Waals surface area (Å²) >= 11 is 1.86. The van der Waals surface area contributed by atoms with Gasteiger partial charge in [0.25, 0.3) is 0 Å². The zero-order valence-corrected chi connectivity index (χ0v) is 30.1. The second-order valence-electron chi connectivity index (χ2n) is 11.9. The molecule has 1 aromatic carbocycles. The van der Waals surface area contributed by atoms with Crippen LogP contribution in [0.1, 0.15) is 97.1 Å². The van der Waals surface area contributed by atoms with Gasteiger partial charge in [0.2, 0.25) is 0 Å². The van der Waals surface area contributed by atoms with E-state index in [1.54, 1.807) is 6.20 Å². The third-order valence-electron chi connectivity index (χ3n) is 8.09. The van der Waals surface area contributed by atoms with Crippen molar-refractivity contribution in [3.8, 4) is 11.4 Å². The Bertz CT molecular complexity index is 1450. The highest BCUT2D eigenvalue weighted by Crippen LogP contribution is 2.36. The summed E-state index contributed by atoms with van der Waals surface area (Å²) in [5.41, 5.74) is 4.67. The van der Waals surface area contributed by atoms with Crippen molar-refractivity contribution in [1.82, 2.24) is 14.9 Å². The highest BCUT2D eigenvalue weighted by molar-refractivity contribution is 7.19. The maximum atomic E-state index is 7.29. The van der Waals surface area contributed by atoms with Gasteiger partial charge in [-0.3, -0.25) is 0 Å². The molecule has 1 aliphatic heterocycles. The second-order valence-corrected chi connectivity index (χ2v) is 13.0. The molecule has 47 heavy (non-hydrogen) atoms. The summed E-state index contributed by atoms with van der Waals surface area (Å²) in [6.45, 7) is 20.3. The lowest BCUT2D eigenvalue weighted by molar-refractivity contribution is 0.122. The number of allylic oxidation sites excluding steroid dienone is 2. The molecule has 7 nitrogen and oxygen atoms in total. The molecule has 2 aromatic heterocycles. The van der Waals surface area contributed by atoms with Crippen LogP contribution in [0.25, 0.3) is 27.7 Å². The van der Waals surface area contributed by atoms with Crippen molar-refractivity contribution in [3.63, 3.8) is 0 Å². The van der Waals surface area contributed by atoms with Crippen LogP contribution in [0, 0.1) is 18.3 Å². The summed E-state index contributed by atoms with van der Waals surface area (Å²) < 4.78 is 6.83. The van der Waals surface area contributed by atoms with Crippen molar-refractivity contribution in [2.45, 2.75) is 94.4 Å². The Morgan fingerprint density at radius 2 is 1.83 bits per heavy atom. The van der Waals surface area contributed by atoms with Gasteiger partial charge < -0.3 is 19.9 Å². The summed E-state index contributed by atoms with van der Waals surface area (Å²) in [7, 11) is 0. The van der Waals surface area contributed by atoms with E-state index in [0.29, 0.717) is 5.92 Å². The van der Waals surface area contributed by atoms with Crippen LogP contribution in [0.15, 0.2) is 47.6 Å². The number of hydrogen-bond acceptors (Lipinski definition) is 7. The molecule has 1 N–H and O–H groups in total. The van der Waals surface area contributed by atoms with E-state index >= 15 is 0 Å². The number of thiophene rings is 1. The Labute approximate surface area is 289 Å². The lowest BCUT2D eigenvalue weighted by Gasteiger charge is -2.28. The molecular weight excluding hydrogens is 601 g/mol.